The first kappa shape index (κ1) is 29.7. The van der Waals surface area contributed by atoms with Gasteiger partial charge >= 0.3 is 17.9 Å². The Balaban J connectivity index is 5.81. The summed E-state index contributed by atoms with van der Waals surface area (Å²) in [6, 6.07) is -0.682. The van der Waals surface area contributed by atoms with Gasteiger partial charge < -0.3 is 20.3 Å². The van der Waals surface area contributed by atoms with Crippen LogP contribution in [-0.4, -0.2) is 54.3 Å². The van der Waals surface area contributed by atoms with Crippen molar-refractivity contribution < 1.29 is 29.0 Å². The van der Waals surface area contributed by atoms with Crippen molar-refractivity contribution in [1.82, 2.24) is 0 Å². The van der Waals surface area contributed by atoms with Crippen LogP contribution >= 0.6 is 11.8 Å². The molecule has 0 aliphatic carbocycles. The monoisotopic (exact) mass is 461 g/mol. The van der Waals surface area contributed by atoms with Crippen molar-refractivity contribution in [2.45, 2.75) is 73.8 Å². The highest BCUT2D eigenvalue weighted by molar-refractivity contribution is 7.99. The van der Waals surface area contributed by atoms with Crippen LogP contribution in [0.1, 0.15) is 67.7 Å². The van der Waals surface area contributed by atoms with Crippen molar-refractivity contribution in [2.75, 3.05) is 25.2 Å². The van der Waals surface area contributed by atoms with E-state index >= 15 is 0 Å². The Morgan fingerprint density at radius 3 is 2.10 bits per heavy atom. The minimum absolute atomic E-state index is 0.0525. The van der Waals surface area contributed by atoms with E-state index in [4.69, 9.17) is 10.5 Å². The molecule has 0 bridgehead atoms. The molecule has 0 saturated carbocycles. The summed E-state index contributed by atoms with van der Waals surface area (Å²) in [6.07, 6.45) is 1.70. The second-order valence-electron chi connectivity index (χ2n) is 8.81. The van der Waals surface area contributed by atoms with Crippen LogP contribution in [0.15, 0.2) is 0 Å². The van der Waals surface area contributed by atoms with Crippen molar-refractivity contribution in [3.63, 3.8) is 0 Å². The molecule has 0 aliphatic heterocycles. The molecule has 0 aromatic carbocycles. The summed E-state index contributed by atoms with van der Waals surface area (Å²) in [4.78, 5) is 36.7. The maximum absolute atomic E-state index is 13.1. The third kappa shape index (κ3) is 7.11. The molecule has 7 nitrogen and oxygen atoms in total. The van der Waals surface area contributed by atoms with Gasteiger partial charge in [0, 0.05) is 17.5 Å². The van der Waals surface area contributed by atoms with Gasteiger partial charge in [-0.05, 0) is 38.5 Å². The van der Waals surface area contributed by atoms with Crippen LogP contribution < -0.4 is 5.73 Å². The zero-order valence-corrected chi connectivity index (χ0v) is 21.3. The maximum Gasteiger partial charge on any atom is 0.312 e. The minimum Gasteiger partial charge on any atom is -0.481 e. The Hall–Kier alpha value is -1.28. The van der Waals surface area contributed by atoms with Gasteiger partial charge in [0.15, 0.2) is 0 Å². The number of carboxylic acid groups (broad SMARTS) is 1. The average molecular weight is 462 g/mol. The topological polar surface area (TPSA) is 116 Å². The number of esters is 2. The number of carboxylic acids is 1. The Morgan fingerprint density at radius 2 is 1.68 bits per heavy atom. The highest BCUT2D eigenvalue weighted by Crippen LogP contribution is 2.47. The van der Waals surface area contributed by atoms with Crippen molar-refractivity contribution in [2.24, 2.45) is 34.3 Å². The fraction of sp³-hybridized carbons (Fsp3) is 0.870. The third-order valence-electron chi connectivity index (χ3n) is 7.07. The normalized spacial score (nSPS) is 19.3. The van der Waals surface area contributed by atoms with Gasteiger partial charge in [0.05, 0.1) is 31.0 Å². The van der Waals surface area contributed by atoms with E-state index < -0.39 is 22.8 Å². The van der Waals surface area contributed by atoms with Crippen molar-refractivity contribution in [3.05, 3.63) is 0 Å². The molecule has 0 amide bonds. The van der Waals surface area contributed by atoms with Gasteiger partial charge in [0.2, 0.25) is 0 Å². The van der Waals surface area contributed by atoms with E-state index in [-0.39, 0.29) is 41.9 Å². The van der Waals surface area contributed by atoms with Gasteiger partial charge in [0.25, 0.3) is 0 Å². The molecule has 0 aromatic heterocycles. The summed E-state index contributed by atoms with van der Waals surface area (Å²) in [5.41, 5.74) is 4.64. The summed E-state index contributed by atoms with van der Waals surface area (Å²) in [6.45, 7) is 13.7. The van der Waals surface area contributed by atoms with Crippen LogP contribution in [0, 0.1) is 28.6 Å². The van der Waals surface area contributed by atoms with Gasteiger partial charge in [-0.1, -0.05) is 40.5 Å². The molecule has 3 N–H and O–H groups in total. The van der Waals surface area contributed by atoms with Crippen LogP contribution in [-0.2, 0) is 23.9 Å². The number of methoxy groups -OCH3 is 1. The van der Waals surface area contributed by atoms with E-state index in [1.165, 1.54) is 18.9 Å². The molecule has 182 valence electrons. The zero-order chi connectivity index (χ0) is 24.4. The number of rotatable bonds is 15. The number of carbonyl (C=O) groups excluding carboxylic acids is 2. The van der Waals surface area contributed by atoms with E-state index in [1.54, 1.807) is 13.8 Å². The standard InChI is InChI=1S/C23H43NO6S/c1-9-15(4)23(7,21(28)30-11-3)17(10-2)16(5)19(24)22(6,20(26)27)14-31-13-12-18(25)29-8/h15-17,19H,9-14,24H2,1-8H3,(H,26,27). The van der Waals surface area contributed by atoms with E-state index in [0.29, 0.717) is 18.8 Å². The summed E-state index contributed by atoms with van der Waals surface area (Å²) < 4.78 is 10.1. The van der Waals surface area contributed by atoms with Crippen molar-refractivity contribution in [3.8, 4) is 0 Å². The molecule has 31 heavy (non-hydrogen) atoms. The number of nitrogens with two attached hydrogens (primary N) is 1. The molecule has 0 spiro atoms. The number of aliphatic carboxylic acids is 1. The SMILES string of the molecule is CCOC(=O)C(C)(C(C)CC)C(CC)C(C)C(N)C(C)(CSCCC(=O)OC)C(=O)O. The van der Waals surface area contributed by atoms with Crippen LogP contribution in [0.2, 0.25) is 0 Å². The second-order valence-corrected chi connectivity index (χ2v) is 9.92. The molecule has 0 heterocycles. The lowest BCUT2D eigenvalue weighted by atomic mass is 9.59. The Morgan fingerprint density at radius 1 is 1.10 bits per heavy atom. The zero-order valence-electron chi connectivity index (χ0n) is 20.5. The first-order valence-electron chi connectivity index (χ1n) is 11.2. The predicted octanol–water partition coefficient (Wildman–Crippen LogP) is 3.98. The maximum atomic E-state index is 13.1. The van der Waals surface area contributed by atoms with Crippen molar-refractivity contribution >= 4 is 29.7 Å². The molecule has 8 heteroatoms. The second kappa shape index (κ2) is 13.3. The fourth-order valence-corrected chi connectivity index (χ4v) is 5.64. The largest absolute Gasteiger partial charge is 0.481 e. The van der Waals surface area contributed by atoms with Gasteiger partial charge in [-0.2, -0.15) is 11.8 Å². The molecule has 0 saturated heterocycles. The number of carbonyl (C=O) groups is 3. The average Bonchev–Trinajstić information content (AvgIpc) is 2.74. The van der Waals surface area contributed by atoms with E-state index in [0.717, 1.165) is 6.42 Å². The lowest BCUT2D eigenvalue weighted by Gasteiger charge is -2.46. The molecule has 0 rings (SSSR count). The Bertz CT molecular complexity index is 601. The summed E-state index contributed by atoms with van der Waals surface area (Å²) in [7, 11) is 1.33. The molecular weight excluding hydrogens is 418 g/mol. The number of thioether (sulfide) groups is 1. The molecule has 0 aromatic rings. The quantitative estimate of drug-likeness (QED) is 0.278. The van der Waals surface area contributed by atoms with Crippen molar-refractivity contribution in [1.29, 1.82) is 0 Å². The first-order chi connectivity index (χ1) is 14.4. The van der Waals surface area contributed by atoms with Gasteiger partial charge in [-0.3, -0.25) is 14.4 Å². The summed E-state index contributed by atoms with van der Waals surface area (Å²) >= 11 is 1.38. The van der Waals surface area contributed by atoms with Crippen LogP contribution in [0.3, 0.4) is 0 Å². The Labute approximate surface area is 192 Å². The minimum atomic E-state index is -1.21. The molecule has 0 radical (unpaired) electrons. The molecule has 6 atom stereocenters. The van der Waals surface area contributed by atoms with E-state index in [1.807, 2.05) is 34.6 Å². The van der Waals surface area contributed by atoms with Crippen LogP contribution in [0.5, 0.6) is 0 Å². The van der Waals surface area contributed by atoms with Gasteiger partial charge in [0.1, 0.15) is 0 Å². The van der Waals surface area contributed by atoms with Crippen LogP contribution in [0.4, 0.5) is 0 Å². The highest BCUT2D eigenvalue weighted by Gasteiger charge is 2.52. The van der Waals surface area contributed by atoms with Gasteiger partial charge in [-0.15, -0.1) is 0 Å². The molecule has 6 unspecified atom stereocenters. The van der Waals surface area contributed by atoms with Gasteiger partial charge in [-0.25, -0.2) is 0 Å². The Kier molecular flexibility index (Phi) is 12.8. The first-order valence-corrected chi connectivity index (χ1v) is 12.3. The van der Waals surface area contributed by atoms with E-state index in [2.05, 4.69) is 4.74 Å². The number of hydrogen-bond donors (Lipinski definition) is 2. The molecular formula is C23H43NO6S. The lowest BCUT2D eigenvalue weighted by molar-refractivity contribution is -0.165. The molecule has 0 fully saturated rings. The third-order valence-corrected chi connectivity index (χ3v) is 8.36. The smallest absolute Gasteiger partial charge is 0.312 e. The number of ether oxygens (including phenoxy) is 2. The lowest BCUT2D eigenvalue weighted by Crippen LogP contribution is -2.56. The number of hydrogen-bond acceptors (Lipinski definition) is 7. The predicted molar refractivity (Wildman–Crippen MR) is 125 cm³/mol. The highest BCUT2D eigenvalue weighted by atomic mass is 32.2. The summed E-state index contributed by atoms with van der Waals surface area (Å²) in [5, 5.41) is 10.0. The summed E-state index contributed by atoms with van der Waals surface area (Å²) in [5.74, 6) is -1.16. The molecule has 0 aliphatic rings. The fourth-order valence-electron chi connectivity index (χ4n) is 4.44. The van der Waals surface area contributed by atoms with E-state index in [9.17, 15) is 19.5 Å². The van der Waals surface area contributed by atoms with Crippen LogP contribution in [0.25, 0.3) is 0 Å².